The molecule has 0 unspecified atom stereocenters. The van der Waals surface area contributed by atoms with Crippen LogP contribution in [0.1, 0.15) is 5.56 Å². The second-order valence-electron chi connectivity index (χ2n) is 3.97. The summed E-state index contributed by atoms with van der Waals surface area (Å²) in [6, 6.07) is 9.05. The van der Waals surface area contributed by atoms with Gasteiger partial charge in [0.05, 0.1) is 13.7 Å². The lowest BCUT2D eigenvalue weighted by atomic mass is 10.2. The molecule has 0 fully saturated rings. The number of methoxy groups -OCH3 is 1. The molecule has 2 aromatic rings. The highest BCUT2D eigenvalue weighted by atomic mass is 32.2. The molecule has 6 heteroatoms. The van der Waals surface area contributed by atoms with Crippen molar-refractivity contribution in [2.24, 2.45) is 0 Å². The van der Waals surface area contributed by atoms with Crippen LogP contribution in [0.25, 0.3) is 0 Å². The van der Waals surface area contributed by atoms with E-state index < -0.39 is 9.84 Å². The lowest BCUT2D eigenvalue weighted by Gasteiger charge is -2.03. The molecule has 0 saturated carbocycles. The summed E-state index contributed by atoms with van der Waals surface area (Å²) in [6.45, 7) is 0.527. The van der Waals surface area contributed by atoms with Crippen molar-refractivity contribution in [1.82, 2.24) is 9.78 Å². The Bertz CT molecular complexity index is 630. The minimum atomic E-state index is -3.24. The third-order valence-corrected chi connectivity index (χ3v) is 3.48. The lowest BCUT2D eigenvalue weighted by Crippen LogP contribution is -2.03. The zero-order valence-corrected chi connectivity index (χ0v) is 11.0. The Morgan fingerprint density at radius 2 is 1.89 bits per heavy atom. The predicted octanol–water partition coefficient (Wildman–Crippen LogP) is 1.34. The molecule has 96 valence electrons. The molecular weight excluding hydrogens is 252 g/mol. The van der Waals surface area contributed by atoms with Crippen molar-refractivity contribution in [3.8, 4) is 5.75 Å². The molecule has 18 heavy (non-hydrogen) atoms. The van der Waals surface area contributed by atoms with Crippen LogP contribution in [0.5, 0.6) is 5.75 Å². The molecule has 0 aliphatic carbocycles. The van der Waals surface area contributed by atoms with E-state index in [1.54, 1.807) is 18.0 Å². The third-order valence-electron chi connectivity index (χ3n) is 2.50. The minimum absolute atomic E-state index is 0.0935. The van der Waals surface area contributed by atoms with Crippen molar-refractivity contribution in [3.63, 3.8) is 0 Å². The van der Waals surface area contributed by atoms with Crippen molar-refractivity contribution in [2.45, 2.75) is 11.6 Å². The zero-order chi connectivity index (χ0) is 13.2. The van der Waals surface area contributed by atoms with Gasteiger partial charge in [-0.1, -0.05) is 12.1 Å². The maximum Gasteiger partial charge on any atom is 0.194 e. The Morgan fingerprint density at radius 3 is 2.39 bits per heavy atom. The maximum atomic E-state index is 11.3. The largest absolute Gasteiger partial charge is 0.497 e. The Labute approximate surface area is 106 Å². The molecule has 0 aliphatic rings. The maximum absolute atomic E-state index is 11.3. The summed E-state index contributed by atoms with van der Waals surface area (Å²) in [5.74, 6) is 0.788. The molecule has 0 bridgehead atoms. The molecule has 5 nitrogen and oxygen atoms in total. The predicted molar refractivity (Wildman–Crippen MR) is 67.4 cm³/mol. The lowest BCUT2D eigenvalue weighted by molar-refractivity contribution is 0.414. The van der Waals surface area contributed by atoms with Crippen LogP contribution in [0.15, 0.2) is 41.6 Å². The Morgan fingerprint density at radius 1 is 1.22 bits per heavy atom. The van der Waals surface area contributed by atoms with Crippen molar-refractivity contribution in [1.29, 1.82) is 0 Å². The van der Waals surface area contributed by atoms with Gasteiger partial charge in [0.1, 0.15) is 5.75 Å². The molecule has 0 radical (unpaired) electrons. The Hall–Kier alpha value is -1.82. The van der Waals surface area contributed by atoms with Gasteiger partial charge in [0.25, 0.3) is 0 Å². The van der Waals surface area contributed by atoms with Crippen LogP contribution in [0.2, 0.25) is 0 Å². The first-order chi connectivity index (χ1) is 8.49. The first-order valence-corrected chi connectivity index (χ1v) is 7.24. The van der Waals surface area contributed by atoms with Gasteiger partial charge in [-0.2, -0.15) is 5.10 Å². The van der Waals surface area contributed by atoms with E-state index in [0.717, 1.165) is 17.6 Å². The molecule has 1 aromatic heterocycles. The standard InChI is InChI=1S/C12H14N2O3S/c1-17-11-5-3-10(4-6-11)9-14-8-7-12(13-14)18(2,15)16/h3-8H,9H2,1-2H3. The smallest absolute Gasteiger partial charge is 0.194 e. The Kier molecular flexibility index (Phi) is 3.38. The van der Waals surface area contributed by atoms with Crippen LogP contribution >= 0.6 is 0 Å². The molecule has 0 N–H and O–H groups in total. The first kappa shape index (κ1) is 12.6. The van der Waals surface area contributed by atoms with E-state index in [4.69, 9.17) is 4.74 Å². The van der Waals surface area contributed by atoms with Crippen LogP contribution in [0, 0.1) is 0 Å². The summed E-state index contributed by atoms with van der Waals surface area (Å²) in [6.07, 6.45) is 2.80. The van der Waals surface area contributed by atoms with Crippen LogP contribution < -0.4 is 4.74 Å². The highest BCUT2D eigenvalue weighted by Crippen LogP contribution is 2.12. The first-order valence-electron chi connectivity index (χ1n) is 5.35. The number of hydrogen-bond donors (Lipinski definition) is 0. The van der Waals surface area contributed by atoms with E-state index in [-0.39, 0.29) is 5.03 Å². The number of nitrogens with zero attached hydrogens (tertiary/aromatic N) is 2. The summed E-state index contributed by atoms with van der Waals surface area (Å²) >= 11 is 0. The average Bonchev–Trinajstić information content (AvgIpc) is 2.78. The quantitative estimate of drug-likeness (QED) is 0.838. The van der Waals surface area contributed by atoms with E-state index in [1.165, 1.54) is 6.07 Å². The van der Waals surface area contributed by atoms with E-state index in [0.29, 0.717) is 6.54 Å². The summed E-state index contributed by atoms with van der Waals surface area (Å²) in [5, 5.41) is 4.11. The number of aromatic nitrogens is 2. The van der Waals surface area contributed by atoms with Gasteiger partial charge >= 0.3 is 0 Å². The molecular formula is C12H14N2O3S. The van der Waals surface area contributed by atoms with Gasteiger partial charge < -0.3 is 4.74 Å². The van der Waals surface area contributed by atoms with Crippen LogP contribution in [0.3, 0.4) is 0 Å². The molecule has 0 atom stereocenters. The zero-order valence-electron chi connectivity index (χ0n) is 10.2. The Balaban J connectivity index is 2.16. The summed E-state index contributed by atoms with van der Waals surface area (Å²) < 4.78 is 29.2. The van der Waals surface area contributed by atoms with E-state index in [1.807, 2.05) is 24.3 Å². The fourth-order valence-electron chi connectivity index (χ4n) is 1.55. The van der Waals surface area contributed by atoms with Gasteiger partial charge in [-0.25, -0.2) is 8.42 Å². The van der Waals surface area contributed by atoms with Crippen LogP contribution in [0.4, 0.5) is 0 Å². The second kappa shape index (κ2) is 4.81. The van der Waals surface area contributed by atoms with Gasteiger partial charge in [0.2, 0.25) is 0 Å². The number of sulfone groups is 1. The molecule has 0 spiro atoms. The van der Waals surface area contributed by atoms with Gasteiger partial charge in [0, 0.05) is 12.5 Å². The van der Waals surface area contributed by atoms with Gasteiger partial charge in [-0.3, -0.25) is 4.68 Å². The van der Waals surface area contributed by atoms with Gasteiger partial charge in [-0.15, -0.1) is 0 Å². The summed E-state index contributed by atoms with van der Waals surface area (Å²) in [5.41, 5.74) is 1.03. The average molecular weight is 266 g/mol. The molecule has 0 amide bonds. The van der Waals surface area contributed by atoms with Gasteiger partial charge in [0.15, 0.2) is 14.9 Å². The highest BCUT2D eigenvalue weighted by molar-refractivity contribution is 7.90. The molecule has 1 heterocycles. The number of hydrogen-bond acceptors (Lipinski definition) is 4. The van der Waals surface area contributed by atoms with Gasteiger partial charge in [-0.05, 0) is 23.8 Å². The molecule has 0 saturated heterocycles. The molecule has 0 aliphatic heterocycles. The summed E-state index contributed by atoms with van der Waals surface area (Å²) in [7, 11) is -1.62. The van der Waals surface area contributed by atoms with Crippen LogP contribution in [-0.2, 0) is 16.4 Å². The summed E-state index contributed by atoms with van der Waals surface area (Å²) in [4.78, 5) is 0. The van der Waals surface area contributed by atoms with Crippen LogP contribution in [-0.4, -0.2) is 31.6 Å². The number of rotatable bonds is 4. The molecule has 2 rings (SSSR count). The van der Waals surface area contributed by atoms with E-state index >= 15 is 0 Å². The topological polar surface area (TPSA) is 61.2 Å². The van der Waals surface area contributed by atoms with Crippen molar-refractivity contribution in [3.05, 3.63) is 42.1 Å². The third kappa shape index (κ3) is 2.89. The SMILES string of the molecule is COc1ccc(Cn2ccc(S(C)(=O)=O)n2)cc1. The van der Waals surface area contributed by atoms with E-state index in [2.05, 4.69) is 5.10 Å². The van der Waals surface area contributed by atoms with Crippen molar-refractivity contribution >= 4 is 9.84 Å². The number of ether oxygens (including phenoxy) is 1. The monoisotopic (exact) mass is 266 g/mol. The molecule has 1 aromatic carbocycles. The normalized spacial score (nSPS) is 11.4. The fraction of sp³-hybridized carbons (Fsp3) is 0.250. The fourth-order valence-corrected chi connectivity index (χ4v) is 2.11. The van der Waals surface area contributed by atoms with Crippen molar-refractivity contribution < 1.29 is 13.2 Å². The minimum Gasteiger partial charge on any atom is -0.497 e. The second-order valence-corrected chi connectivity index (χ2v) is 5.93. The highest BCUT2D eigenvalue weighted by Gasteiger charge is 2.10. The number of benzene rings is 1. The van der Waals surface area contributed by atoms with E-state index in [9.17, 15) is 8.42 Å². The van der Waals surface area contributed by atoms with Crippen molar-refractivity contribution in [2.75, 3.05) is 13.4 Å².